The Bertz CT molecular complexity index is 832. The molecule has 3 aromatic rings. The van der Waals surface area contributed by atoms with Crippen LogP contribution in [0.25, 0.3) is 0 Å². The number of hydrogen-bond donors (Lipinski definition) is 2. The summed E-state index contributed by atoms with van der Waals surface area (Å²) in [5.74, 6) is 1.00. The van der Waals surface area contributed by atoms with Crippen molar-refractivity contribution in [2.75, 3.05) is 10.6 Å². The summed E-state index contributed by atoms with van der Waals surface area (Å²) in [6.45, 7) is 2.33. The van der Waals surface area contributed by atoms with Gasteiger partial charge in [-0.15, -0.1) is 10.2 Å². The molecule has 24 heavy (non-hydrogen) atoms. The Balaban J connectivity index is 1.64. The Kier molecular flexibility index (Phi) is 4.77. The van der Waals surface area contributed by atoms with E-state index in [4.69, 9.17) is 16.0 Å². The molecule has 0 aliphatic heterocycles. The molecule has 0 unspecified atom stereocenters. The van der Waals surface area contributed by atoms with Crippen LogP contribution in [0.4, 0.5) is 11.5 Å². The Morgan fingerprint density at radius 3 is 2.75 bits per heavy atom. The van der Waals surface area contributed by atoms with Crippen LogP contribution in [0.1, 0.15) is 21.8 Å². The van der Waals surface area contributed by atoms with Crippen LogP contribution in [0, 0.1) is 6.92 Å². The average molecular weight is 343 g/mol. The summed E-state index contributed by atoms with van der Waals surface area (Å²) in [6, 6.07) is 12.3. The van der Waals surface area contributed by atoms with Crippen molar-refractivity contribution < 1.29 is 9.21 Å². The molecule has 2 N–H and O–H groups in total. The van der Waals surface area contributed by atoms with E-state index in [1.807, 2.05) is 19.1 Å². The van der Waals surface area contributed by atoms with Crippen LogP contribution >= 0.6 is 11.6 Å². The van der Waals surface area contributed by atoms with E-state index in [0.29, 0.717) is 23.1 Å². The fourth-order valence-corrected chi connectivity index (χ4v) is 2.24. The highest BCUT2D eigenvalue weighted by Crippen LogP contribution is 2.23. The molecule has 0 spiro atoms. The first-order valence-electron chi connectivity index (χ1n) is 7.30. The number of nitrogens with one attached hydrogen (secondary N) is 2. The van der Waals surface area contributed by atoms with E-state index in [0.717, 1.165) is 11.3 Å². The minimum Gasteiger partial charge on any atom is -0.467 e. The van der Waals surface area contributed by atoms with Gasteiger partial charge in [0.15, 0.2) is 5.69 Å². The second-order valence-electron chi connectivity index (χ2n) is 5.10. The van der Waals surface area contributed by atoms with Crippen molar-refractivity contribution in [2.24, 2.45) is 0 Å². The number of halogens is 1. The van der Waals surface area contributed by atoms with Crippen LogP contribution in [0.3, 0.4) is 0 Å². The highest BCUT2D eigenvalue weighted by atomic mass is 35.5. The van der Waals surface area contributed by atoms with Gasteiger partial charge >= 0.3 is 0 Å². The molecule has 0 aliphatic carbocycles. The number of anilines is 2. The van der Waals surface area contributed by atoms with Crippen molar-refractivity contribution >= 4 is 29.0 Å². The third kappa shape index (κ3) is 3.72. The number of benzene rings is 1. The number of amides is 1. The largest absolute Gasteiger partial charge is 0.467 e. The highest BCUT2D eigenvalue weighted by Gasteiger charge is 2.11. The number of furan rings is 1. The fraction of sp³-hybridized carbons (Fsp3) is 0.118. The van der Waals surface area contributed by atoms with Gasteiger partial charge in [0.1, 0.15) is 11.6 Å². The first kappa shape index (κ1) is 16.0. The lowest BCUT2D eigenvalue weighted by Gasteiger charge is -2.09. The molecule has 7 heteroatoms. The topological polar surface area (TPSA) is 80.0 Å². The van der Waals surface area contributed by atoms with Gasteiger partial charge in [-0.1, -0.05) is 17.7 Å². The summed E-state index contributed by atoms with van der Waals surface area (Å²) in [5, 5.41) is 14.4. The van der Waals surface area contributed by atoms with Crippen LogP contribution < -0.4 is 10.6 Å². The molecule has 122 valence electrons. The van der Waals surface area contributed by atoms with Crippen LogP contribution in [0.5, 0.6) is 0 Å². The van der Waals surface area contributed by atoms with Gasteiger partial charge in [0.05, 0.1) is 12.8 Å². The normalized spacial score (nSPS) is 10.4. The van der Waals surface area contributed by atoms with Gasteiger partial charge in [-0.05, 0) is 48.9 Å². The molecule has 6 nitrogen and oxygen atoms in total. The SMILES string of the molecule is Cc1c(Cl)cccc1NC(=O)c1ccc(NCc2ccco2)nn1. The quantitative estimate of drug-likeness (QED) is 0.735. The van der Waals surface area contributed by atoms with Crippen molar-refractivity contribution in [1.29, 1.82) is 0 Å². The molecule has 0 saturated heterocycles. The van der Waals surface area contributed by atoms with Gasteiger partial charge in [-0.25, -0.2) is 0 Å². The Morgan fingerprint density at radius 1 is 1.17 bits per heavy atom. The lowest BCUT2D eigenvalue weighted by Crippen LogP contribution is -2.15. The van der Waals surface area contributed by atoms with Gasteiger partial charge < -0.3 is 15.1 Å². The molecule has 0 radical (unpaired) electrons. The molecule has 1 amide bonds. The number of hydrogen-bond acceptors (Lipinski definition) is 5. The Labute approximate surface area is 143 Å². The molecule has 2 aromatic heterocycles. The number of carbonyl (C=O) groups excluding carboxylic acids is 1. The monoisotopic (exact) mass is 342 g/mol. The number of aromatic nitrogens is 2. The Morgan fingerprint density at radius 2 is 2.04 bits per heavy atom. The van der Waals surface area contributed by atoms with Crippen molar-refractivity contribution in [3.05, 3.63) is 70.8 Å². The fourth-order valence-electron chi connectivity index (χ4n) is 2.07. The van der Waals surface area contributed by atoms with E-state index in [1.165, 1.54) is 0 Å². The zero-order valence-electron chi connectivity index (χ0n) is 12.9. The van der Waals surface area contributed by atoms with Crippen molar-refractivity contribution in [3.8, 4) is 0 Å². The van der Waals surface area contributed by atoms with E-state index in [9.17, 15) is 4.79 Å². The molecule has 1 aromatic carbocycles. The summed E-state index contributed by atoms with van der Waals surface area (Å²) in [7, 11) is 0. The summed E-state index contributed by atoms with van der Waals surface area (Å²) >= 11 is 6.05. The highest BCUT2D eigenvalue weighted by molar-refractivity contribution is 6.31. The van der Waals surface area contributed by atoms with E-state index in [2.05, 4.69) is 20.8 Å². The second kappa shape index (κ2) is 7.14. The molecular formula is C17H15ClN4O2. The number of carbonyl (C=O) groups is 1. The molecule has 0 atom stereocenters. The maximum atomic E-state index is 12.2. The zero-order valence-corrected chi connectivity index (χ0v) is 13.7. The summed E-state index contributed by atoms with van der Waals surface area (Å²) < 4.78 is 5.22. The molecular weight excluding hydrogens is 328 g/mol. The van der Waals surface area contributed by atoms with Gasteiger partial charge in [0.25, 0.3) is 5.91 Å². The first-order valence-corrected chi connectivity index (χ1v) is 7.68. The van der Waals surface area contributed by atoms with Gasteiger partial charge in [0, 0.05) is 10.7 Å². The molecule has 0 fully saturated rings. The minimum atomic E-state index is -0.342. The molecule has 0 aliphatic rings. The lowest BCUT2D eigenvalue weighted by molar-refractivity contribution is 0.102. The molecule has 2 heterocycles. The van der Waals surface area contributed by atoms with Gasteiger partial charge in [-0.3, -0.25) is 4.79 Å². The summed E-state index contributed by atoms with van der Waals surface area (Å²) in [6.07, 6.45) is 1.61. The van der Waals surface area contributed by atoms with Gasteiger partial charge in [0.2, 0.25) is 0 Å². The maximum absolute atomic E-state index is 12.2. The van der Waals surface area contributed by atoms with Crippen LogP contribution in [-0.2, 0) is 6.54 Å². The van der Waals surface area contributed by atoms with Crippen LogP contribution in [0.15, 0.2) is 53.1 Å². The van der Waals surface area contributed by atoms with Gasteiger partial charge in [-0.2, -0.15) is 0 Å². The molecule has 0 saturated carbocycles. The third-order valence-corrected chi connectivity index (χ3v) is 3.85. The standard InChI is InChI=1S/C17H15ClN4O2/c1-11-13(18)5-2-6-14(11)20-17(23)15-7-8-16(22-21-15)19-10-12-4-3-9-24-12/h2-9H,10H2,1H3,(H,19,22)(H,20,23). The molecule has 3 rings (SSSR count). The second-order valence-corrected chi connectivity index (χ2v) is 5.51. The van der Waals surface area contributed by atoms with Crippen LogP contribution in [0.2, 0.25) is 5.02 Å². The van der Waals surface area contributed by atoms with Crippen molar-refractivity contribution in [1.82, 2.24) is 10.2 Å². The van der Waals surface area contributed by atoms with E-state index in [-0.39, 0.29) is 11.6 Å². The number of rotatable bonds is 5. The first-order chi connectivity index (χ1) is 11.6. The van der Waals surface area contributed by atoms with Crippen molar-refractivity contribution in [2.45, 2.75) is 13.5 Å². The summed E-state index contributed by atoms with van der Waals surface area (Å²) in [4.78, 5) is 12.2. The van der Waals surface area contributed by atoms with Crippen LogP contribution in [-0.4, -0.2) is 16.1 Å². The molecule has 0 bridgehead atoms. The predicted octanol–water partition coefficient (Wildman–Crippen LogP) is 3.90. The van der Waals surface area contributed by atoms with Crippen molar-refractivity contribution in [3.63, 3.8) is 0 Å². The van der Waals surface area contributed by atoms with E-state index >= 15 is 0 Å². The zero-order chi connectivity index (χ0) is 16.9. The third-order valence-electron chi connectivity index (χ3n) is 3.44. The van der Waals surface area contributed by atoms with E-state index < -0.39 is 0 Å². The average Bonchev–Trinajstić information content (AvgIpc) is 3.11. The smallest absolute Gasteiger partial charge is 0.276 e. The Hall–Kier alpha value is -2.86. The lowest BCUT2D eigenvalue weighted by atomic mass is 10.2. The predicted molar refractivity (Wildman–Crippen MR) is 92.2 cm³/mol. The number of nitrogens with zero attached hydrogens (tertiary/aromatic N) is 2. The summed E-state index contributed by atoms with van der Waals surface area (Å²) in [5.41, 5.74) is 1.67. The van der Waals surface area contributed by atoms with E-state index in [1.54, 1.807) is 36.6 Å². The maximum Gasteiger partial charge on any atom is 0.276 e. The minimum absolute atomic E-state index is 0.220.